The van der Waals surface area contributed by atoms with Crippen molar-refractivity contribution in [1.82, 2.24) is 24.8 Å². The Balaban J connectivity index is 1.70. The second-order valence-corrected chi connectivity index (χ2v) is 6.80. The molecule has 0 spiro atoms. The number of benzene rings is 1. The third kappa shape index (κ3) is 3.54. The van der Waals surface area contributed by atoms with Crippen LogP contribution in [-0.2, 0) is 0 Å². The van der Waals surface area contributed by atoms with Gasteiger partial charge in [-0.3, -0.25) is 10.1 Å². The molecule has 0 saturated carbocycles. The van der Waals surface area contributed by atoms with Crippen molar-refractivity contribution in [3.05, 3.63) is 46.4 Å². The maximum Gasteiger partial charge on any atom is 0.271 e. The molecule has 0 atom stereocenters. The van der Waals surface area contributed by atoms with Crippen LogP contribution < -0.4 is 10.2 Å². The zero-order valence-corrected chi connectivity index (χ0v) is 15.7. The Kier molecular flexibility index (Phi) is 4.70. The van der Waals surface area contributed by atoms with Crippen molar-refractivity contribution in [2.45, 2.75) is 6.92 Å². The summed E-state index contributed by atoms with van der Waals surface area (Å²) in [6.45, 7) is 5.47. The number of nitrogens with one attached hydrogen (secondary N) is 1. The van der Waals surface area contributed by atoms with E-state index in [-0.39, 0.29) is 5.69 Å². The fraction of sp³-hybridized carbons (Fsp3) is 0.333. The van der Waals surface area contributed by atoms with Gasteiger partial charge in [0.1, 0.15) is 17.4 Å². The van der Waals surface area contributed by atoms with Gasteiger partial charge < -0.3 is 15.1 Å². The number of rotatable bonds is 4. The van der Waals surface area contributed by atoms with E-state index in [4.69, 9.17) is 0 Å². The molecule has 0 amide bonds. The standard InChI is InChI=1S/C18H20N8O2/c1-12-3-4-13(26(27)28)9-14(12)22-17-16-15(20-11-21-17)10-19-18(23-16)25-7-5-24(2)6-8-25/h3-4,9-11H,5-8H2,1-2H3,(H,20,21,22). The molecule has 4 rings (SSSR count). The first kappa shape index (κ1) is 18.0. The minimum absolute atomic E-state index is 0.0132. The molecule has 144 valence electrons. The summed E-state index contributed by atoms with van der Waals surface area (Å²) < 4.78 is 0. The Labute approximate surface area is 161 Å². The van der Waals surface area contributed by atoms with Crippen molar-refractivity contribution in [3.63, 3.8) is 0 Å². The van der Waals surface area contributed by atoms with Gasteiger partial charge in [-0.1, -0.05) is 6.07 Å². The number of hydrogen-bond acceptors (Lipinski definition) is 9. The summed E-state index contributed by atoms with van der Waals surface area (Å²) in [6.07, 6.45) is 3.11. The molecule has 3 heterocycles. The maximum atomic E-state index is 11.1. The summed E-state index contributed by atoms with van der Waals surface area (Å²) in [7, 11) is 2.09. The van der Waals surface area contributed by atoms with Crippen LogP contribution in [0.4, 0.5) is 23.1 Å². The number of nitro benzene ring substituents is 1. The second-order valence-electron chi connectivity index (χ2n) is 6.80. The Morgan fingerprint density at radius 2 is 1.93 bits per heavy atom. The Bertz CT molecular complexity index is 1030. The summed E-state index contributed by atoms with van der Waals surface area (Å²) in [6, 6.07) is 4.67. The summed E-state index contributed by atoms with van der Waals surface area (Å²) in [5, 5.41) is 14.3. The number of anilines is 3. The van der Waals surface area contributed by atoms with Crippen molar-refractivity contribution >= 4 is 34.2 Å². The van der Waals surface area contributed by atoms with E-state index in [1.807, 2.05) is 6.92 Å². The number of piperazine rings is 1. The van der Waals surface area contributed by atoms with Gasteiger partial charge in [-0.05, 0) is 19.5 Å². The highest BCUT2D eigenvalue weighted by molar-refractivity contribution is 5.87. The molecular weight excluding hydrogens is 360 g/mol. The monoisotopic (exact) mass is 380 g/mol. The molecule has 0 bridgehead atoms. The molecule has 0 aliphatic carbocycles. The molecule has 10 nitrogen and oxygen atoms in total. The van der Waals surface area contributed by atoms with Gasteiger partial charge in [-0.25, -0.2) is 19.9 Å². The fourth-order valence-electron chi connectivity index (χ4n) is 3.08. The Hall–Kier alpha value is -3.40. The highest BCUT2D eigenvalue weighted by atomic mass is 16.6. The third-order valence-electron chi connectivity index (χ3n) is 4.84. The number of nitrogens with zero attached hydrogens (tertiary/aromatic N) is 7. The molecular formula is C18H20N8O2. The van der Waals surface area contributed by atoms with Gasteiger partial charge in [0.15, 0.2) is 5.82 Å². The van der Waals surface area contributed by atoms with Gasteiger partial charge in [0, 0.05) is 44.0 Å². The van der Waals surface area contributed by atoms with Crippen LogP contribution in [0.25, 0.3) is 11.0 Å². The van der Waals surface area contributed by atoms with Crippen molar-refractivity contribution in [3.8, 4) is 0 Å². The first-order chi connectivity index (χ1) is 13.5. The summed E-state index contributed by atoms with van der Waals surface area (Å²) in [5.74, 6) is 1.13. The van der Waals surface area contributed by atoms with Gasteiger partial charge in [0.25, 0.3) is 5.69 Å². The van der Waals surface area contributed by atoms with Crippen molar-refractivity contribution < 1.29 is 4.92 Å². The molecule has 3 aromatic rings. The van der Waals surface area contributed by atoms with Crippen LogP contribution in [0.15, 0.2) is 30.7 Å². The van der Waals surface area contributed by atoms with Crippen molar-refractivity contribution in [2.75, 3.05) is 43.4 Å². The van der Waals surface area contributed by atoms with Crippen LogP contribution in [0.3, 0.4) is 0 Å². The highest BCUT2D eigenvalue weighted by Crippen LogP contribution is 2.27. The quantitative estimate of drug-likeness (QED) is 0.537. The van der Waals surface area contributed by atoms with Crippen LogP contribution in [0, 0.1) is 17.0 Å². The van der Waals surface area contributed by atoms with E-state index < -0.39 is 4.92 Å². The molecule has 1 aliphatic heterocycles. The van der Waals surface area contributed by atoms with Crippen molar-refractivity contribution in [2.24, 2.45) is 0 Å². The predicted octanol–water partition coefficient (Wildman–Crippen LogP) is 2.13. The molecule has 0 radical (unpaired) electrons. The molecule has 1 aromatic carbocycles. The number of fused-ring (bicyclic) bond motifs is 1. The van der Waals surface area contributed by atoms with Gasteiger partial charge in [-0.15, -0.1) is 0 Å². The first-order valence-electron chi connectivity index (χ1n) is 8.94. The number of non-ortho nitro benzene ring substituents is 1. The normalized spacial score (nSPS) is 15.0. The Morgan fingerprint density at radius 1 is 1.14 bits per heavy atom. The van der Waals surface area contributed by atoms with E-state index in [0.29, 0.717) is 28.5 Å². The highest BCUT2D eigenvalue weighted by Gasteiger charge is 2.18. The number of likely N-dealkylation sites (N-methyl/N-ethyl adjacent to an activating group) is 1. The molecule has 10 heteroatoms. The largest absolute Gasteiger partial charge is 0.338 e. The van der Waals surface area contributed by atoms with Crippen LogP contribution in [-0.4, -0.2) is 63.0 Å². The lowest BCUT2D eigenvalue weighted by atomic mass is 10.2. The van der Waals surface area contributed by atoms with Gasteiger partial charge >= 0.3 is 0 Å². The zero-order chi connectivity index (χ0) is 19.7. The van der Waals surface area contributed by atoms with E-state index in [9.17, 15) is 10.1 Å². The molecule has 1 fully saturated rings. The van der Waals surface area contributed by atoms with E-state index in [2.05, 4.69) is 42.1 Å². The SMILES string of the molecule is Cc1ccc([N+](=O)[O-])cc1Nc1ncnc2cnc(N3CCN(C)CC3)nc12. The van der Waals surface area contributed by atoms with E-state index in [1.165, 1.54) is 18.5 Å². The molecule has 1 aliphatic rings. The van der Waals surface area contributed by atoms with E-state index >= 15 is 0 Å². The number of aromatic nitrogens is 4. The zero-order valence-electron chi connectivity index (χ0n) is 15.7. The minimum Gasteiger partial charge on any atom is -0.338 e. The summed E-state index contributed by atoms with van der Waals surface area (Å²) >= 11 is 0. The molecule has 28 heavy (non-hydrogen) atoms. The molecule has 1 N–H and O–H groups in total. The van der Waals surface area contributed by atoms with Crippen molar-refractivity contribution in [1.29, 1.82) is 0 Å². The number of nitro groups is 1. The minimum atomic E-state index is -0.420. The molecule has 2 aromatic heterocycles. The molecule has 1 saturated heterocycles. The lowest BCUT2D eigenvalue weighted by Gasteiger charge is -2.32. The van der Waals surface area contributed by atoms with Gasteiger partial charge in [-0.2, -0.15) is 0 Å². The van der Waals surface area contributed by atoms with Gasteiger partial charge in [0.2, 0.25) is 5.95 Å². The Morgan fingerprint density at radius 3 is 2.68 bits per heavy atom. The average Bonchev–Trinajstić information content (AvgIpc) is 2.70. The lowest BCUT2D eigenvalue weighted by molar-refractivity contribution is -0.384. The average molecular weight is 380 g/mol. The summed E-state index contributed by atoms with van der Waals surface area (Å²) in [4.78, 5) is 32.7. The lowest BCUT2D eigenvalue weighted by Crippen LogP contribution is -2.45. The predicted molar refractivity (Wildman–Crippen MR) is 106 cm³/mol. The van der Waals surface area contributed by atoms with Crippen LogP contribution >= 0.6 is 0 Å². The maximum absolute atomic E-state index is 11.1. The third-order valence-corrected chi connectivity index (χ3v) is 4.84. The topological polar surface area (TPSA) is 113 Å². The smallest absolute Gasteiger partial charge is 0.271 e. The van der Waals surface area contributed by atoms with Gasteiger partial charge in [0.05, 0.1) is 11.1 Å². The second kappa shape index (κ2) is 7.31. The molecule has 0 unspecified atom stereocenters. The van der Waals surface area contributed by atoms with Crippen LogP contribution in [0.2, 0.25) is 0 Å². The van der Waals surface area contributed by atoms with E-state index in [1.54, 1.807) is 12.3 Å². The summed E-state index contributed by atoms with van der Waals surface area (Å²) in [5.41, 5.74) is 2.68. The van der Waals surface area contributed by atoms with Crippen LogP contribution in [0.1, 0.15) is 5.56 Å². The van der Waals surface area contributed by atoms with E-state index in [0.717, 1.165) is 31.7 Å². The van der Waals surface area contributed by atoms with Crippen LogP contribution in [0.5, 0.6) is 0 Å². The number of hydrogen-bond donors (Lipinski definition) is 1. The first-order valence-corrected chi connectivity index (χ1v) is 8.94. The number of aryl methyl sites for hydroxylation is 1. The fourth-order valence-corrected chi connectivity index (χ4v) is 3.08.